The Morgan fingerprint density at radius 3 is 2.61 bits per heavy atom. The van der Waals surface area contributed by atoms with Gasteiger partial charge in [-0.2, -0.15) is 9.78 Å². The van der Waals surface area contributed by atoms with E-state index >= 15 is 0 Å². The van der Waals surface area contributed by atoms with E-state index in [-0.39, 0.29) is 11.5 Å². The fraction of sp³-hybridized carbons (Fsp3) is 0.269. The third kappa shape index (κ3) is 4.57. The molecule has 2 aromatic carbocycles. The molecule has 0 aliphatic carbocycles. The molecule has 2 aromatic heterocycles. The summed E-state index contributed by atoms with van der Waals surface area (Å²) in [4.78, 5) is 18.2. The van der Waals surface area contributed by atoms with Gasteiger partial charge in [-0.25, -0.2) is 4.98 Å². The van der Waals surface area contributed by atoms with Crippen LogP contribution in [-0.4, -0.2) is 20.4 Å². The largest absolute Gasteiger partial charge is 0.318 e. The van der Waals surface area contributed by atoms with E-state index < -0.39 is 0 Å². The van der Waals surface area contributed by atoms with Crippen LogP contribution in [0.1, 0.15) is 54.5 Å². The van der Waals surface area contributed by atoms with Gasteiger partial charge in [0, 0.05) is 36.6 Å². The lowest BCUT2D eigenvalue weighted by Crippen LogP contribution is -2.23. The molecule has 5 nitrogen and oxygen atoms in total. The number of hydrogen-bond acceptors (Lipinski definition) is 3. The normalized spacial score (nSPS) is 12.7. The van der Waals surface area contributed by atoms with E-state index in [1.54, 1.807) is 6.21 Å². The maximum atomic E-state index is 13.4. The summed E-state index contributed by atoms with van der Waals surface area (Å²) in [6, 6.07) is 14.1. The highest BCUT2D eigenvalue weighted by atomic mass is 127. The zero-order chi connectivity index (χ0) is 23.9. The fourth-order valence-corrected chi connectivity index (χ4v) is 4.68. The topological polar surface area (TPSA) is 52.2 Å². The van der Waals surface area contributed by atoms with Crippen molar-refractivity contribution < 1.29 is 0 Å². The molecule has 7 heteroatoms. The highest BCUT2D eigenvalue weighted by Crippen LogP contribution is 2.24. The van der Waals surface area contributed by atoms with Gasteiger partial charge in [-0.3, -0.25) is 4.79 Å². The Balaban J connectivity index is 1.84. The molecule has 4 rings (SSSR count). The van der Waals surface area contributed by atoms with E-state index in [2.05, 4.69) is 107 Å². The third-order valence-corrected chi connectivity index (χ3v) is 7.77. The molecule has 0 spiro atoms. The van der Waals surface area contributed by atoms with Gasteiger partial charge in [-0.15, -0.1) is 0 Å². The Morgan fingerprint density at radius 2 is 1.91 bits per heavy atom. The molecule has 0 fully saturated rings. The van der Waals surface area contributed by atoms with E-state index in [1.165, 1.54) is 13.8 Å². The molecular formula is C26H26BrIN4O. The second-order valence-electron chi connectivity index (χ2n) is 8.40. The first-order valence-electron chi connectivity index (χ1n) is 10.9. The van der Waals surface area contributed by atoms with Gasteiger partial charge in [0.1, 0.15) is 5.82 Å². The minimum atomic E-state index is -0.157. The second kappa shape index (κ2) is 9.54. The highest BCUT2D eigenvalue weighted by molar-refractivity contribution is 14.1. The second-order valence-corrected chi connectivity index (χ2v) is 10.5. The van der Waals surface area contributed by atoms with Gasteiger partial charge in [0.25, 0.3) is 5.56 Å². The van der Waals surface area contributed by atoms with Crippen molar-refractivity contribution >= 4 is 55.6 Å². The van der Waals surface area contributed by atoms with Crippen molar-refractivity contribution in [1.29, 1.82) is 0 Å². The maximum Gasteiger partial charge on any atom is 0.282 e. The van der Waals surface area contributed by atoms with Crippen LogP contribution in [0.3, 0.4) is 0 Å². The summed E-state index contributed by atoms with van der Waals surface area (Å²) in [6.45, 7) is 10.5. The van der Waals surface area contributed by atoms with Gasteiger partial charge in [0.2, 0.25) is 0 Å². The summed E-state index contributed by atoms with van der Waals surface area (Å²) in [7, 11) is 0. The van der Waals surface area contributed by atoms with E-state index in [9.17, 15) is 4.79 Å². The molecule has 33 heavy (non-hydrogen) atoms. The van der Waals surface area contributed by atoms with Gasteiger partial charge in [0.15, 0.2) is 0 Å². The molecule has 0 amide bonds. The number of hydrogen-bond donors (Lipinski definition) is 0. The highest BCUT2D eigenvalue weighted by Gasteiger charge is 2.16. The number of rotatable bonds is 5. The number of aromatic nitrogens is 3. The molecule has 0 aliphatic rings. The van der Waals surface area contributed by atoms with Crippen molar-refractivity contribution in [2.45, 2.75) is 47.0 Å². The first-order chi connectivity index (χ1) is 15.7. The third-order valence-electron chi connectivity index (χ3n) is 6.07. The minimum Gasteiger partial charge on any atom is -0.318 e. The van der Waals surface area contributed by atoms with Crippen LogP contribution in [0.25, 0.3) is 16.6 Å². The quantitative estimate of drug-likeness (QED) is 0.181. The molecule has 4 aromatic rings. The van der Waals surface area contributed by atoms with Crippen LogP contribution in [0, 0.1) is 24.3 Å². The van der Waals surface area contributed by atoms with E-state index in [0.29, 0.717) is 16.7 Å². The molecule has 2 heterocycles. The summed E-state index contributed by atoms with van der Waals surface area (Å²) in [5, 5.41) is 5.20. The molecule has 0 saturated carbocycles. The zero-order valence-corrected chi connectivity index (χ0v) is 23.1. The van der Waals surface area contributed by atoms with Crippen molar-refractivity contribution in [3.63, 3.8) is 0 Å². The number of halogens is 2. The van der Waals surface area contributed by atoms with E-state index in [4.69, 9.17) is 4.98 Å². The van der Waals surface area contributed by atoms with Crippen molar-refractivity contribution in [3.05, 3.63) is 89.2 Å². The average molecular weight is 617 g/mol. The molecule has 170 valence electrons. The summed E-state index contributed by atoms with van der Waals surface area (Å²) in [5.41, 5.74) is 6.06. The number of fused-ring (bicyclic) bond motifs is 1. The van der Waals surface area contributed by atoms with Crippen molar-refractivity contribution in [2.75, 3.05) is 0 Å². The standard InChI is InChI=1S/C26H26BrIN4O/c1-6-15(2)25-30-24-10-7-20(27)13-22(24)26(33)32(25)29-14-19-12-17(4)31(18(19)5)21-8-9-23(28)16(3)11-21/h7-15H,6H2,1-5H3/t15-/m0/s1. The van der Waals surface area contributed by atoms with Gasteiger partial charge < -0.3 is 4.57 Å². The van der Waals surface area contributed by atoms with E-state index in [1.807, 2.05) is 18.2 Å². The summed E-state index contributed by atoms with van der Waals surface area (Å²) >= 11 is 5.82. The predicted octanol–water partition coefficient (Wildman–Crippen LogP) is 6.88. The van der Waals surface area contributed by atoms with Gasteiger partial charge in [-0.05, 0) is 97.8 Å². The fourth-order valence-electron chi connectivity index (χ4n) is 3.98. The monoisotopic (exact) mass is 616 g/mol. The first-order valence-corrected chi connectivity index (χ1v) is 12.8. The number of aryl methyl sites for hydroxylation is 2. The molecule has 0 saturated heterocycles. The molecule has 0 unspecified atom stereocenters. The minimum absolute atomic E-state index is 0.102. The van der Waals surface area contributed by atoms with Crippen LogP contribution in [0.2, 0.25) is 0 Å². The summed E-state index contributed by atoms with van der Waals surface area (Å²) < 4.78 is 5.77. The molecule has 0 N–H and O–H groups in total. The number of benzene rings is 2. The molecule has 1 atom stereocenters. The Bertz CT molecular complexity index is 1450. The van der Waals surface area contributed by atoms with Crippen molar-refractivity contribution in [2.24, 2.45) is 5.10 Å². The number of nitrogens with zero attached hydrogens (tertiary/aromatic N) is 4. The van der Waals surface area contributed by atoms with Crippen molar-refractivity contribution in [1.82, 2.24) is 14.2 Å². The SMILES string of the molecule is CC[C@H](C)c1nc2ccc(Br)cc2c(=O)n1N=Cc1cc(C)n(-c2ccc(I)c(C)c2)c1C. The lowest BCUT2D eigenvalue weighted by atomic mass is 10.1. The lowest BCUT2D eigenvalue weighted by molar-refractivity contribution is 0.613. The van der Waals surface area contributed by atoms with Crippen LogP contribution < -0.4 is 5.56 Å². The maximum absolute atomic E-state index is 13.4. The van der Waals surface area contributed by atoms with Crippen LogP contribution in [0.4, 0.5) is 0 Å². The first kappa shape index (κ1) is 23.9. The average Bonchev–Trinajstić information content (AvgIpc) is 3.07. The Kier molecular flexibility index (Phi) is 6.91. The molecule has 0 aliphatic heterocycles. The van der Waals surface area contributed by atoms with Crippen LogP contribution in [0.15, 0.2) is 56.8 Å². The predicted molar refractivity (Wildman–Crippen MR) is 148 cm³/mol. The molecule has 0 bridgehead atoms. The van der Waals surface area contributed by atoms with Gasteiger partial charge in [-0.1, -0.05) is 29.8 Å². The Morgan fingerprint density at radius 1 is 1.15 bits per heavy atom. The van der Waals surface area contributed by atoms with E-state index in [0.717, 1.165) is 33.5 Å². The summed E-state index contributed by atoms with van der Waals surface area (Å²) in [5.74, 6) is 0.778. The summed E-state index contributed by atoms with van der Waals surface area (Å²) in [6.07, 6.45) is 2.64. The van der Waals surface area contributed by atoms with Gasteiger partial charge >= 0.3 is 0 Å². The van der Waals surface area contributed by atoms with Crippen molar-refractivity contribution in [3.8, 4) is 5.69 Å². The molecular weight excluding hydrogens is 591 g/mol. The lowest BCUT2D eigenvalue weighted by Gasteiger charge is -2.14. The van der Waals surface area contributed by atoms with Crippen LogP contribution >= 0.6 is 38.5 Å². The van der Waals surface area contributed by atoms with Crippen LogP contribution in [0.5, 0.6) is 0 Å². The van der Waals surface area contributed by atoms with Gasteiger partial charge in [0.05, 0.1) is 17.1 Å². The Hall–Kier alpha value is -2.26. The molecule has 0 radical (unpaired) electrons. The smallest absolute Gasteiger partial charge is 0.282 e. The van der Waals surface area contributed by atoms with Crippen LogP contribution in [-0.2, 0) is 0 Å². The zero-order valence-electron chi connectivity index (χ0n) is 19.4. The Labute approximate surface area is 215 Å².